The topological polar surface area (TPSA) is 210 Å². The number of esters is 1. The van der Waals surface area contributed by atoms with Gasteiger partial charge in [-0.05, 0) is 43.2 Å². The number of carbonyl (C=O) groups excluding carboxylic acids is 3. The van der Waals surface area contributed by atoms with Gasteiger partial charge in [0.25, 0.3) is 5.91 Å². The van der Waals surface area contributed by atoms with Crippen LogP contribution in [-0.4, -0.2) is 60.7 Å². The quantitative estimate of drug-likeness (QED) is 0.120. The summed E-state index contributed by atoms with van der Waals surface area (Å²) in [7, 11) is 2.50. The number of alkyl carbamates (subject to hydrolysis) is 1. The lowest BCUT2D eigenvalue weighted by Gasteiger charge is -2.15. The van der Waals surface area contributed by atoms with Gasteiger partial charge < -0.3 is 32.0 Å². The fourth-order valence-corrected chi connectivity index (χ4v) is 3.37. The molecule has 0 saturated carbocycles. The van der Waals surface area contributed by atoms with Crippen molar-refractivity contribution in [1.82, 2.24) is 20.6 Å². The lowest BCUT2D eigenvalue weighted by molar-refractivity contribution is -0.143. The van der Waals surface area contributed by atoms with Crippen LogP contribution in [0.25, 0.3) is 0 Å². The van der Waals surface area contributed by atoms with Gasteiger partial charge in [0, 0.05) is 6.54 Å². The van der Waals surface area contributed by atoms with Crippen LogP contribution in [0.4, 0.5) is 16.4 Å². The van der Waals surface area contributed by atoms with Crippen molar-refractivity contribution < 1.29 is 23.9 Å². The zero-order valence-electron chi connectivity index (χ0n) is 20.6. The predicted molar refractivity (Wildman–Crippen MR) is 139 cm³/mol. The smallest absolute Gasteiger partial charge is 0.407 e. The molecule has 0 aliphatic heterocycles. The molecule has 1 aromatic heterocycles. The van der Waals surface area contributed by atoms with Gasteiger partial charge in [0.1, 0.15) is 6.04 Å². The van der Waals surface area contributed by atoms with E-state index in [0.29, 0.717) is 19.4 Å². The van der Waals surface area contributed by atoms with Gasteiger partial charge in [-0.25, -0.2) is 19.6 Å². The number of aryl methyl sites for hydroxylation is 2. The maximum absolute atomic E-state index is 12.2. The van der Waals surface area contributed by atoms with Crippen LogP contribution in [0.15, 0.2) is 29.3 Å². The van der Waals surface area contributed by atoms with E-state index < -0.39 is 24.0 Å². The largest absolute Gasteiger partial charge is 0.467 e. The van der Waals surface area contributed by atoms with Crippen LogP contribution >= 0.6 is 11.6 Å². The number of benzene rings is 1. The van der Waals surface area contributed by atoms with Crippen molar-refractivity contribution in [3.8, 4) is 0 Å². The summed E-state index contributed by atoms with van der Waals surface area (Å²) in [6.45, 7) is 0.413. The van der Waals surface area contributed by atoms with Gasteiger partial charge in [0.15, 0.2) is 28.4 Å². The Morgan fingerprint density at radius 2 is 1.65 bits per heavy atom. The summed E-state index contributed by atoms with van der Waals surface area (Å²) in [4.78, 5) is 47.2. The molecule has 0 saturated heterocycles. The average molecular weight is 535 g/mol. The molecular formula is C23H31ClN8O5. The minimum Gasteiger partial charge on any atom is -0.467 e. The molecule has 1 aromatic carbocycles. The van der Waals surface area contributed by atoms with Gasteiger partial charge in [0.05, 0.1) is 14.2 Å². The molecule has 8 N–H and O–H groups in total. The molecule has 14 heteroatoms. The highest BCUT2D eigenvalue weighted by Gasteiger charge is 2.21. The molecule has 1 heterocycles. The molecule has 1 atom stereocenters. The molecule has 0 aliphatic carbocycles. The van der Waals surface area contributed by atoms with Gasteiger partial charge in [-0.2, -0.15) is 0 Å². The second-order valence-corrected chi connectivity index (χ2v) is 8.24. The van der Waals surface area contributed by atoms with E-state index in [9.17, 15) is 14.4 Å². The van der Waals surface area contributed by atoms with E-state index >= 15 is 0 Å². The average Bonchev–Trinajstić information content (AvgIpc) is 2.88. The van der Waals surface area contributed by atoms with Gasteiger partial charge in [-0.15, -0.1) is 0 Å². The molecule has 0 spiro atoms. The number of aromatic nitrogens is 2. The van der Waals surface area contributed by atoms with Crippen LogP contribution in [-0.2, 0) is 27.1 Å². The zero-order valence-corrected chi connectivity index (χ0v) is 21.4. The Bertz CT molecular complexity index is 1130. The van der Waals surface area contributed by atoms with E-state index in [1.165, 1.54) is 14.2 Å². The number of nitrogens with one attached hydrogen (secondary N) is 2. The third-order valence-electron chi connectivity index (χ3n) is 5.23. The first-order valence-electron chi connectivity index (χ1n) is 11.3. The number of nitrogens with zero attached hydrogens (tertiary/aromatic N) is 3. The van der Waals surface area contributed by atoms with Crippen molar-refractivity contribution >= 4 is 47.2 Å². The second kappa shape index (κ2) is 14.4. The molecule has 0 fully saturated rings. The van der Waals surface area contributed by atoms with Crippen LogP contribution in [0.5, 0.6) is 0 Å². The van der Waals surface area contributed by atoms with E-state index in [1.807, 2.05) is 24.3 Å². The fourth-order valence-electron chi connectivity index (χ4n) is 3.24. The molecule has 2 aromatic rings. The van der Waals surface area contributed by atoms with E-state index in [0.717, 1.165) is 30.4 Å². The van der Waals surface area contributed by atoms with E-state index in [2.05, 4.69) is 30.3 Å². The number of ether oxygens (including phenoxy) is 2. The highest BCUT2D eigenvalue weighted by atomic mass is 35.5. The SMILES string of the molecule is COC(=O)N[C@@H](CCc1ccc(CCCCN=C(N)NC(=O)c2nc(Cl)c(N)nc2N)cc1)C(=O)OC. The maximum Gasteiger partial charge on any atom is 0.407 e. The lowest BCUT2D eigenvalue weighted by Crippen LogP contribution is -2.41. The Morgan fingerprint density at radius 3 is 2.27 bits per heavy atom. The summed E-state index contributed by atoms with van der Waals surface area (Å²) in [5.74, 6) is -1.54. The summed E-state index contributed by atoms with van der Waals surface area (Å²) < 4.78 is 9.28. The van der Waals surface area contributed by atoms with Crippen molar-refractivity contribution in [3.05, 3.63) is 46.2 Å². The maximum atomic E-state index is 12.2. The molecule has 2 amide bonds. The van der Waals surface area contributed by atoms with Gasteiger partial charge >= 0.3 is 12.1 Å². The van der Waals surface area contributed by atoms with Crippen LogP contribution in [0.3, 0.4) is 0 Å². The van der Waals surface area contributed by atoms with Crippen molar-refractivity contribution in [2.75, 3.05) is 32.2 Å². The second-order valence-electron chi connectivity index (χ2n) is 7.88. The van der Waals surface area contributed by atoms with Gasteiger partial charge in [-0.3, -0.25) is 15.1 Å². The number of hydrogen-bond donors (Lipinski definition) is 5. The van der Waals surface area contributed by atoms with Crippen molar-refractivity contribution in [2.45, 2.75) is 38.1 Å². The number of nitrogen functional groups attached to an aromatic ring is 2. The predicted octanol–water partition coefficient (Wildman–Crippen LogP) is 1.19. The summed E-state index contributed by atoms with van der Waals surface area (Å²) >= 11 is 5.78. The monoisotopic (exact) mass is 534 g/mol. The Hall–Kier alpha value is -4.13. The number of amides is 2. The normalized spacial score (nSPS) is 11.9. The number of aliphatic imine (C=N–C) groups is 1. The van der Waals surface area contributed by atoms with Gasteiger partial charge in [0.2, 0.25) is 0 Å². The van der Waals surface area contributed by atoms with Crippen molar-refractivity contribution in [1.29, 1.82) is 0 Å². The number of hydrogen-bond acceptors (Lipinski definition) is 10. The lowest BCUT2D eigenvalue weighted by atomic mass is 10.0. The molecular weight excluding hydrogens is 504 g/mol. The number of methoxy groups -OCH3 is 2. The Morgan fingerprint density at radius 1 is 1.00 bits per heavy atom. The van der Waals surface area contributed by atoms with E-state index in [-0.39, 0.29) is 28.4 Å². The first-order chi connectivity index (χ1) is 17.6. The van der Waals surface area contributed by atoms with Gasteiger partial charge in [-0.1, -0.05) is 35.9 Å². The molecule has 0 bridgehead atoms. The summed E-state index contributed by atoms with van der Waals surface area (Å²) in [6.07, 6.45) is 2.68. The standard InChI is InChI=1S/C23H31ClN8O5/c1-36-21(34)15(29-23(35)37-2)11-10-14-8-6-13(7-9-14)5-3-4-12-28-22(27)32-20(33)16-18(25)31-19(26)17(24)30-16/h6-9,15H,3-5,10-12H2,1-2H3,(H,29,35)(H4,25,26,31)(H3,27,28,32,33)/t15-/m0/s1. The Balaban J connectivity index is 1.75. The molecule has 0 aliphatic rings. The molecule has 37 heavy (non-hydrogen) atoms. The van der Waals surface area contributed by atoms with E-state index in [1.54, 1.807) is 0 Å². The number of anilines is 2. The number of halogens is 1. The van der Waals surface area contributed by atoms with Crippen molar-refractivity contribution in [3.63, 3.8) is 0 Å². The number of nitrogens with two attached hydrogens (primary N) is 3. The third kappa shape index (κ3) is 9.44. The number of unbranched alkanes of at least 4 members (excludes halogenated alkanes) is 1. The Labute approximate surface area is 219 Å². The summed E-state index contributed by atoms with van der Waals surface area (Å²) in [5, 5.41) is 4.73. The first-order valence-corrected chi connectivity index (χ1v) is 11.7. The zero-order chi connectivity index (χ0) is 27.4. The minimum atomic E-state index is -0.788. The molecule has 0 radical (unpaired) electrons. The highest BCUT2D eigenvalue weighted by molar-refractivity contribution is 6.31. The minimum absolute atomic E-state index is 0.0737. The van der Waals surface area contributed by atoms with Crippen LogP contribution in [0.1, 0.15) is 40.9 Å². The highest BCUT2D eigenvalue weighted by Crippen LogP contribution is 2.17. The first kappa shape index (κ1) is 29.1. The van der Waals surface area contributed by atoms with Crippen LogP contribution in [0.2, 0.25) is 5.15 Å². The number of rotatable bonds is 11. The van der Waals surface area contributed by atoms with E-state index in [4.69, 9.17) is 33.5 Å². The molecule has 200 valence electrons. The van der Waals surface area contributed by atoms with Crippen molar-refractivity contribution in [2.24, 2.45) is 10.7 Å². The molecule has 13 nitrogen and oxygen atoms in total. The Kier molecular flexibility index (Phi) is 11.4. The molecule has 2 rings (SSSR count). The number of guanidine groups is 1. The van der Waals surface area contributed by atoms with Crippen LogP contribution in [0, 0.1) is 0 Å². The third-order valence-corrected chi connectivity index (χ3v) is 5.50. The summed E-state index contributed by atoms with van der Waals surface area (Å²) in [5.41, 5.74) is 18.9. The fraction of sp³-hybridized carbons (Fsp3) is 0.391. The summed E-state index contributed by atoms with van der Waals surface area (Å²) in [6, 6.07) is 7.19. The molecule has 0 unspecified atom stereocenters. The van der Waals surface area contributed by atoms with Crippen LogP contribution < -0.4 is 27.8 Å². The number of carbonyl (C=O) groups is 3.